The maximum Gasteiger partial charge on any atom is 0.309 e. The number of rotatable bonds is 44. The van der Waals surface area contributed by atoms with E-state index in [1.54, 1.807) is 6.08 Å². The number of unbranched alkanes of at least 4 members (excludes halogenated alkanes) is 16. The topological polar surface area (TPSA) is 78.9 Å². The zero-order valence-electron chi connectivity index (χ0n) is 40.5. The minimum atomic E-state index is -0.830. The highest BCUT2D eigenvalue weighted by atomic mass is 16.6. The van der Waals surface area contributed by atoms with E-state index < -0.39 is 12.1 Å². The lowest BCUT2D eigenvalue weighted by atomic mass is 10.1. The standard InChI is InChI=1S/C57H92O6/c1-4-7-10-13-16-19-21-23-25-27-28-30-31-33-35-38-41-44-47-50-56(59)62-53-54(52-61-55(58)49-46-43-40-37-18-15-12-9-6-3)63-57(60)51-48-45-42-39-36-34-32-29-26-24-22-20-17-14-11-8-5-2/h7,9-10,12,16,18-19,23-26,28,30,33,35,37,43,46,54H,4-6,8,11,13-15,17,20-22,27,29,31-32,34,36,38-42,44-45,47-53H2,1-3H3/b10-7-,12-9-,19-16-,25-23-,26-24-,30-28-,35-33-,37-18-,46-43-. The first kappa shape index (κ1) is 59.1. The second-order valence-electron chi connectivity index (χ2n) is 16.3. The van der Waals surface area contributed by atoms with E-state index in [2.05, 4.69) is 118 Å². The first-order chi connectivity index (χ1) is 31.0. The fourth-order valence-electron chi connectivity index (χ4n) is 6.52. The van der Waals surface area contributed by atoms with Crippen molar-refractivity contribution < 1.29 is 28.6 Å². The molecule has 0 spiro atoms. The molecule has 1 unspecified atom stereocenters. The van der Waals surface area contributed by atoms with Crippen molar-refractivity contribution in [2.75, 3.05) is 13.2 Å². The van der Waals surface area contributed by atoms with Crippen molar-refractivity contribution in [1.29, 1.82) is 0 Å². The van der Waals surface area contributed by atoms with Gasteiger partial charge in [0.25, 0.3) is 0 Å². The molecule has 0 amide bonds. The van der Waals surface area contributed by atoms with Crippen LogP contribution in [0.3, 0.4) is 0 Å². The number of ether oxygens (including phenoxy) is 3. The Labute approximate surface area is 387 Å². The van der Waals surface area contributed by atoms with E-state index in [9.17, 15) is 14.4 Å². The van der Waals surface area contributed by atoms with Gasteiger partial charge in [-0.25, -0.2) is 0 Å². The van der Waals surface area contributed by atoms with Gasteiger partial charge in [0.2, 0.25) is 0 Å². The Balaban J connectivity index is 4.45. The number of carbonyl (C=O) groups excluding carboxylic acids is 3. The molecule has 0 saturated heterocycles. The number of esters is 3. The Morgan fingerprint density at radius 1 is 0.349 bits per heavy atom. The smallest absolute Gasteiger partial charge is 0.309 e. The average Bonchev–Trinajstić information content (AvgIpc) is 3.28. The van der Waals surface area contributed by atoms with E-state index in [0.717, 1.165) is 96.3 Å². The molecule has 6 nitrogen and oxygen atoms in total. The molecule has 0 aliphatic rings. The van der Waals surface area contributed by atoms with Crippen molar-refractivity contribution >= 4 is 17.9 Å². The summed E-state index contributed by atoms with van der Waals surface area (Å²) in [5.74, 6) is -1.09. The normalized spacial score (nSPS) is 13.0. The molecule has 0 aliphatic carbocycles. The summed E-state index contributed by atoms with van der Waals surface area (Å²) in [5.41, 5.74) is 0. The van der Waals surface area contributed by atoms with Crippen LogP contribution in [0.1, 0.15) is 213 Å². The summed E-state index contributed by atoms with van der Waals surface area (Å²) < 4.78 is 16.6. The lowest BCUT2D eigenvalue weighted by Crippen LogP contribution is -2.30. The molecule has 0 aromatic heterocycles. The molecule has 6 heteroatoms. The predicted octanol–water partition coefficient (Wildman–Crippen LogP) is 16.8. The molecule has 0 saturated carbocycles. The van der Waals surface area contributed by atoms with Gasteiger partial charge in [0.15, 0.2) is 6.10 Å². The summed E-state index contributed by atoms with van der Waals surface area (Å²) in [6.45, 7) is 6.26. The van der Waals surface area contributed by atoms with Crippen LogP contribution in [-0.4, -0.2) is 37.2 Å². The summed E-state index contributed by atoms with van der Waals surface area (Å²) in [4.78, 5) is 37.8. The number of allylic oxidation sites excluding steroid dienone is 17. The number of hydrogen-bond acceptors (Lipinski definition) is 6. The third kappa shape index (κ3) is 49.0. The Kier molecular flexibility index (Phi) is 47.5. The van der Waals surface area contributed by atoms with Crippen LogP contribution in [0.5, 0.6) is 0 Å². The maximum atomic E-state index is 12.8. The van der Waals surface area contributed by atoms with Gasteiger partial charge in [0.1, 0.15) is 13.2 Å². The minimum Gasteiger partial charge on any atom is -0.462 e. The molecular formula is C57H92O6. The van der Waals surface area contributed by atoms with Crippen molar-refractivity contribution in [3.8, 4) is 0 Å². The Morgan fingerprint density at radius 3 is 1.14 bits per heavy atom. The molecule has 0 aliphatic heterocycles. The second-order valence-corrected chi connectivity index (χ2v) is 16.3. The highest BCUT2D eigenvalue weighted by Crippen LogP contribution is 2.13. The molecule has 0 aromatic carbocycles. The van der Waals surface area contributed by atoms with Gasteiger partial charge in [0, 0.05) is 12.8 Å². The summed E-state index contributed by atoms with van der Waals surface area (Å²) in [6, 6.07) is 0. The van der Waals surface area contributed by atoms with Crippen molar-refractivity contribution in [3.63, 3.8) is 0 Å². The highest BCUT2D eigenvalue weighted by molar-refractivity contribution is 5.72. The van der Waals surface area contributed by atoms with Crippen molar-refractivity contribution in [2.24, 2.45) is 0 Å². The van der Waals surface area contributed by atoms with Crippen molar-refractivity contribution in [2.45, 2.75) is 219 Å². The molecule has 0 rings (SSSR count). The fourth-order valence-corrected chi connectivity index (χ4v) is 6.52. The van der Waals surface area contributed by atoms with Crippen LogP contribution >= 0.6 is 0 Å². The minimum absolute atomic E-state index is 0.125. The van der Waals surface area contributed by atoms with Crippen LogP contribution in [-0.2, 0) is 28.6 Å². The molecule has 0 radical (unpaired) electrons. The molecule has 0 bridgehead atoms. The molecule has 0 aromatic rings. The monoisotopic (exact) mass is 873 g/mol. The van der Waals surface area contributed by atoms with E-state index in [0.29, 0.717) is 12.8 Å². The lowest BCUT2D eigenvalue weighted by molar-refractivity contribution is -0.166. The van der Waals surface area contributed by atoms with Crippen LogP contribution < -0.4 is 0 Å². The largest absolute Gasteiger partial charge is 0.462 e. The van der Waals surface area contributed by atoms with Crippen LogP contribution in [0.25, 0.3) is 0 Å². The van der Waals surface area contributed by atoms with Gasteiger partial charge in [0.05, 0.1) is 6.42 Å². The Bertz CT molecular complexity index is 1330. The van der Waals surface area contributed by atoms with E-state index in [-0.39, 0.29) is 31.6 Å². The van der Waals surface area contributed by atoms with Crippen LogP contribution in [0, 0.1) is 0 Å². The van der Waals surface area contributed by atoms with E-state index in [1.807, 2.05) is 6.08 Å². The second kappa shape index (κ2) is 50.7. The molecule has 1 atom stereocenters. The van der Waals surface area contributed by atoms with E-state index >= 15 is 0 Å². The number of carbonyl (C=O) groups is 3. The fraction of sp³-hybridized carbons (Fsp3) is 0.632. The maximum absolute atomic E-state index is 12.8. The lowest BCUT2D eigenvalue weighted by Gasteiger charge is -2.18. The van der Waals surface area contributed by atoms with Gasteiger partial charge >= 0.3 is 17.9 Å². The van der Waals surface area contributed by atoms with Gasteiger partial charge in [-0.3, -0.25) is 14.4 Å². The third-order valence-electron chi connectivity index (χ3n) is 10.3. The highest BCUT2D eigenvalue weighted by Gasteiger charge is 2.19. The number of hydrogen-bond donors (Lipinski definition) is 0. The quantitative estimate of drug-likeness (QED) is 0.0263. The Morgan fingerprint density at radius 2 is 0.683 bits per heavy atom. The Hall–Kier alpha value is -3.93. The first-order valence-electron chi connectivity index (χ1n) is 25.4. The van der Waals surface area contributed by atoms with Crippen molar-refractivity contribution in [1.82, 2.24) is 0 Å². The molecule has 0 N–H and O–H groups in total. The summed E-state index contributed by atoms with van der Waals surface area (Å²) in [7, 11) is 0. The molecular weight excluding hydrogens is 781 g/mol. The zero-order valence-corrected chi connectivity index (χ0v) is 40.5. The van der Waals surface area contributed by atoms with Gasteiger partial charge < -0.3 is 14.2 Å². The van der Waals surface area contributed by atoms with Crippen LogP contribution in [0.2, 0.25) is 0 Å². The first-order valence-corrected chi connectivity index (χ1v) is 25.4. The molecule has 0 fully saturated rings. The van der Waals surface area contributed by atoms with Gasteiger partial charge in [-0.05, 0) is 103 Å². The summed E-state index contributed by atoms with van der Waals surface area (Å²) in [5, 5.41) is 0. The molecule has 356 valence electrons. The van der Waals surface area contributed by atoms with Gasteiger partial charge in [-0.2, -0.15) is 0 Å². The average molecular weight is 873 g/mol. The summed E-state index contributed by atoms with van der Waals surface area (Å²) >= 11 is 0. The SMILES string of the molecule is CC/C=C\C/C=C\C/C=C\C/C=C\C/C=C\CCCCCC(=O)OCC(COC(=O)C/C=C\C/C=C\C/C=C\CC)OC(=O)CCCCCCCCC/C=C\CCCCCCCC. The third-order valence-corrected chi connectivity index (χ3v) is 10.3. The predicted molar refractivity (Wildman–Crippen MR) is 270 cm³/mol. The molecule has 63 heavy (non-hydrogen) atoms. The molecule has 0 heterocycles. The zero-order chi connectivity index (χ0) is 45.8. The van der Waals surface area contributed by atoms with Crippen molar-refractivity contribution in [3.05, 3.63) is 109 Å². The van der Waals surface area contributed by atoms with E-state index in [1.165, 1.54) is 77.0 Å². The summed E-state index contributed by atoms with van der Waals surface area (Å²) in [6.07, 6.45) is 68.2. The van der Waals surface area contributed by atoms with Gasteiger partial charge in [-0.15, -0.1) is 0 Å². The van der Waals surface area contributed by atoms with Crippen LogP contribution in [0.4, 0.5) is 0 Å². The van der Waals surface area contributed by atoms with E-state index in [4.69, 9.17) is 14.2 Å². The van der Waals surface area contributed by atoms with Gasteiger partial charge in [-0.1, -0.05) is 201 Å². The van der Waals surface area contributed by atoms with Crippen LogP contribution in [0.15, 0.2) is 109 Å².